The van der Waals surface area contributed by atoms with E-state index in [9.17, 15) is 14.4 Å². The molecule has 1 aliphatic heterocycles. The summed E-state index contributed by atoms with van der Waals surface area (Å²) < 4.78 is 10.3. The molecular weight excluding hydrogens is 318 g/mol. The van der Waals surface area contributed by atoms with E-state index in [1.165, 1.54) is 24.0 Å². The zero-order valence-corrected chi connectivity index (χ0v) is 15.2. The highest BCUT2D eigenvalue weighted by molar-refractivity contribution is 5.86. The number of rotatable bonds is 3. The second-order valence-electron chi connectivity index (χ2n) is 6.35. The predicted molar refractivity (Wildman–Crippen MR) is 85.1 cm³/mol. The number of piperazine rings is 1. The Labute approximate surface area is 142 Å². The lowest BCUT2D eigenvalue weighted by Gasteiger charge is -2.40. The standard InChI is InChI=1S/C15H27N3O6/c1-7-23-14(21)18-9-8-17(13(20)24-15(2,3)4)10-11(18)12(19)16(5)22-6/h11H,7-10H2,1-6H3/t11-/m1/s1. The molecule has 138 valence electrons. The minimum Gasteiger partial charge on any atom is -0.450 e. The van der Waals surface area contributed by atoms with E-state index >= 15 is 0 Å². The molecule has 9 nitrogen and oxygen atoms in total. The van der Waals surface area contributed by atoms with Crippen LogP contribution in [0.5, 0.6) is 0 Å². The van der Waals surface area contributed by atoms with Gasteiger partial charge in [-0.1, -0.05) is 0 Å². The van der Waals surface area contributed by atoms with Gasteiger partial charge < -0.3 is 14.4 Å². The monoisotopic (exact) mass is 345 g/mol. The van der Waals surface area contributed by atoms with Gasteiger partial charge in [0.05, 0.1) is 20.3 Å². The maximum Gasteiger partial charge on any atom is 0.410 e. The van der Waals surface area contributed by atoms with Crippen LogP contribution in [-0.4, -0.2) is 85.0 Å². The summed E-state index contributed by atoms with van der Waals surface area (Å²) in [5.41, 5.74) is -0.641. The predicted octanol–water partition coefficient (Wildman–Crippen LogP) is 1.08. The lowest BCUT2D eigenvalue weighted by molar-refractivity contribution is -0.175. The summed E-state index contributed by atoms with van der Waals surface area (Å²) in [5, 5.41) is 1.02. The number of carbonyl (C=O) groups excluding carboxylic acids is 3. The first-order chi connectivity index (χ1) is 11.1. The van der Waals surface area contributed by atoms with E-state index in [2.05, 4.69) is 0 Å². The van der Waals surface area contributed by atoms with E-state index in [4.69, 9.17) is 14.3 Å². The van der Waals surface area contributed by atoms with Crippen molar-refractivity contribution >= 4 is 18.1 Å². The number of hydrogen-bond acceptors (Lipinski definition) is 6. The Bertz CT molecular complexity index is 476. The number of nitrogens with zero attached hydrogens (tertiary/aromatic N) is 3. The molecule has 0 aromatic rings. The van der Waals surface area contributed by atoms with Crippen LogP contribution in [0.4, 0.5) is 9.59 Å². The van der Waals surface area contributed by atoms with Crippen LogP contribution in [-0.2, 0) is 19.1 Å². The Kier molecular flexibility index (Phi) is 6.82. The van der Waals surface area contributed by atoms with Gasteiger partial charge in [-0.25, -0.2) is 14.7 Å². The highest BCUT2D eigenvalue weighted by atomic mass is 16.7. The highest BCUT2D eigenvalue weighted by Gasteiger charge is 2.40. The molecule has 0 aromatic heterocycles. The maximum absolute atomic E-state index is 12.5. The number of amides is 3. The summed E-state index contributed by atoms with van der Waals surface area (Å²) in [5.74, 6) is -0.446. The molecule has 24 heavy (non-hydrogen) atoms. The van der Waals surface area contributed by atoms with Crippen molar-refractivity contribution in [2.75, 3.05) is 40.4 Å². The zero-order valence-electron chi connectivity index (χ0n) is 15.2. The Morgan fingerprint density at radius 2 is 1.79 bits per heavy atom. The molecule has 1 saturated heterocycles. The van der Waals surface area contributed by atoms with Crippen molar-refractivity contribution in [3.63, 3.8) is 0 Å². The summed E-state index contributed by atoms with van der Waals surface area (Å²) in [6, 6.07) is -0.893. The Morgan fingerprint density at radius 3 is 2.29 bits per heavy atom. The van der Waals surface area contributed by atoms with Crippen LogP contribution in [0.25, 0.3) is 0 Å². The summed E-state index contributed by atoms with van der Waals surface area (Å²) >= 11 is 0. The van der Waals surface area contributed by atoms with Gasteiger partial charge in [-0.2, -0.15) is 0 Å². The molecule has 1 rings (SSSR count). The van der Waals surface area contributed by atoms with E-state index in [1.54, 1.807) is 27.7 Å². The molecule has 0 aliphatic carbocycles. The summed E-state index contributed by atoms with van der Waals surface area (Å²) in [6.07, 6.45) is -1.12. The van der Waals surface area contributed by atoms with Crippen molar-refractivity contribution in [2.24, 2.45) is 0 Å². The number of hydrogen-bond donors (Lipinski definition) is 0. The van der Waals surface area contributed by atoms with E-state index in [-0.39, 0.29) is 26.2 Å². The normalized spacial score (nSPS) is 18.2. The van der Waals surface area contributed by atoms with Gasteiger partial charge in [0.1, 0.15) is 11.6 Å². The van der Waals surface area contributed by atoms with Crippen LogP contribution in [0, 0.1) is 0 Å². The quantitative estimate of drug-likeness (QED) is 0.711. The van der Waals surface area contributed by atoms with Crippen LogP contribution in [0.1, 0.15) is 27.7 Å². The number of carbonyl (C=O) groups is 3. The average Bonchev–Trinajstić information content (AvgIpc) is 2.51. The topological polar surface area (TPSA) is 88.6 Å². The van der Waals surface area contributed by atoms with Gasteiger partial charge in [-0.3, -0.25) is 14.5 Å². The van der Waals surface area contributed by atoms with Gasteiger partial charge in [-0.15, -0.1) is 0 Å². The average molecular weight is 345 g/mol. The van der Waals surface area contributed by atoms with Crippen molar-refractivity contribution in [1.82, 2.24) is 14.9 Å². The minimum absolute atomic E-state index is 0.0141. The van der Waals surface area contributed by atoms with Gasteiger partial charge >= 0.3 is 12.2 Å². The summed E-state index contributed by atoms with van der Waals surface area (Å²) in [6.45, 7) is 7.63. The number of hydroxylamine groups is 2. The summed E-state index contributed by atoms with van der Waals surface area (Å²) in [7, 11) is 2.79. The lowest BCUT2D eigenvalue weighted by atomic mass is 10.1. The Balaban J connectivity index is 2.92. The molecule has 0 aromatic carbocycles. The molecule has 1 aliphatic rings. The van der Waals surface area contributed by atoms with Crippen LogP contribution in [0.3, 0.4) is 0 Å². The van der Waals surface area contributed by atoms with Crippen LogP contribution in [0.2, 0.25) is 0 Å². The van der Waals surface area contributed by atoms with Gasteiger partial charge in [0.15, 0.2) is 0 Å². The number of likely N-dealkylation sites (N-methyl/N-ethyl adjacent to an activating group) is 1. The second kappa shape index (κ2) is 8.18. The van der Waals surface area contributed by atoms with E-state index < -0.39 is 29.7 Å². The third kappa shape index (κ3) is 5.26. The third-order valence-corrected chi connectivity index (χ3v) is 3.40. The summed E-state index contributed by atoms with van der Waals surface area (Å²) in [4.78, 5) is 44.4. The minimum atomic E-state index is -0.893. The van der Waals surface area contributed by atoms with Gasteiger partial charge in [0.25, 0.3) is 5.91 Å². The zero-order chi connectivity index (χ0) is 18.5. The van der Waals surface area contributed by atoms with Crippen molar-refractivity contribution in [3.8, 4) is 0 Å². The molecule has 0 saturated carbocycles. The largest absolute Gasteiger partial charge is 0.450 e. The molecule has 1 heterocycles. The van der Waals surface area contributed by atoms with Crippen molar-refractivity contribution in [3.05, 3.63) is 0 Å². The first kappa shape index (κ1) is 20.0. The fraction of sp³-hybridized carbons (Fsp3) is 0.800. The smallest absolute Gasteiger partial charge is 0.410 e. The van der Waals surface area contributed by atoms with Crippen LogP contribution >= 0.6 is 0 Å². The third-order valence-electron chi connectivity index (χ3n) is 3.40. The van der Waals surface area contributed by atoms with Crippen molar-refractivity contribution < 1.29 is 28.7 Å². The molecule has 9 heteroatoms. The molecule has 0 radical (unpaired) electrons. The van der Waals surface area contributed by atoms with E-state index in [0.717, 1.165) is 5.06 Å². The van der Waals surface area contributed by atoms with Crippen LogP contribution in [0.15, 0.2) is 0 Å². The van der Waals surface area contributed by atoms with Crippen molar-refractivity contribution in [2.45, 2.75) is 39.3 Å². The fourth-order valence-corrected chi connectivity index (χ4v) is 2.21. The van der Waals surface area contributed by atoms with E-state index in [1.807, 2.05) is 0 Å². The molecule has 0 spiro atoms. The van der Waals surface area contributed by atoms with Crippen molar-refractivity contribution in [1.29, 1.82) is 0 Å². The Hall–Kier alpha value is -2.03. The lowest BCUT2D eigenvalue weighted by Crippen LogP contribution is -2.62. The molecule has 0 bridgehead atoms. The first-order valence-corrected chi connectivity index (χ1v) is 7.83. The fourth-order valence-electron chi connectivity index (χ4n) is 2.21. The SMILES string of the molecule is CCOC(=O)N1CCN(C(=O)OC(C)(C)C)C[C@@H]1C(=O)N(C)OC. The first-order valence-electron chi connectivity index (χ1n) is 7.83. The van der Waals surface area contributed by atoms with Crippen LogP contribution < -0.4 is 0 Å². The maximum atomic E-state index is 12.5. The molecule has 1 atom stereocenters. The number of ether oxygens (including phenoxy) is 2. The molecule has 0 unspecified atom stereocenters. The molecule has 0 N–H and O–H groups in total. The molecule has 1 fully saturated rings. The second-order valence-corrected chi connectivity index (χ2v) is 6.35. The molecule has 3 amide bonds. The Morgan fingerprint density at radius 1 is 1.17 bits per heavy atom. The van der Waals surface area contributed by atoms with Gasteiger partial charge in [-0.05, 0) is 27.7 Å². The highest BCUT2D eigenvalue weighted by Crippen LogP contribution is 2.17. The van der Waals surface area contributed by atoms with Gasteiger partial charge in [0.2, 0.25) is 0 Å². The van der Waals surface area contributed by atoms with Gasteiger partial charge in [0, 0.05) is 20.1 Å². The van der Waals surface area contributed by atoms with E-state index in [0.29, 0.717) is 0 Å². The molecular formula is C15H27N3O6.